The zero-order chi connectivity index (χ0) is 22.4. The van der Waals surface area contributed by atoms with Crippen LogP contribution in [0.4, 0.5) is 10.1 Å². The van der Waals surface area contributed by atoms with Gasteiger partial charge in [0, 0.05) is 29.9 Å². The SMILES string of the molecule is CCC(CN[SH+][C@](O)(CCN)NC)Nc1cc(C2C=C(C#N)C(F)=CC2)cc2c1=NC=2. The van der Waals surface area contributed by atoms with E-state index >= 15 is 0 Å². The first-order valence-electron chi connectivity index (χ1n) is 10.5. The van der Waals surface area contributed by atoms with Crippen LogP contribution in [-0.4, -0.2) is 36.3 Å². The molecule has 31 heavy (non-hydrogen) atoms. The fourth-order valence-corrected chi connectivity index (χ4v) is 4.49. The Kier molecular flexibility index (Phi) is 7.86. The quantitative estimate of drug-likeness (QED) is 0.193. The van der Waals surface area contributed by atoms with Crippen LogP contribution in [0, 0.1) is 11.3 Å². The van der Waals surface area contributed by atoms with Gasteiger partial charge in [-0.15, -0.1) is 4.72 Å². The molecule has 0 spiro atoms. The van der Waals surface area contributed by atoms with E-state index in [1.54, 1.807) is 13.1 Å². The highest BCUT2D eigenvalue weighted by Crippen LogP contribution is 2.31. The third-order valence-corrected chi connectivity index (χ3v) is 6.72. The van der Waals surface area contributed by atoms with E-state index < -0.39 is 10.9 Å². The molecule has 1 aliphatic heterocycles. The lowest BCUT2D eigenvalue weighted by molar-refractivity contribution is 0.0997. The number of aliphatic hydroxyl groups is 1. The number of halogens is 1. The minimum atomic E-state index is -1.06. The summed E-state index contributed by atoms with van der Waals surface area (Å²) in [5.41, 5.74) is 7.62. The van der Waals surface area contributed by atoms with E-state index in [9.17, 15) is 9.50 Å². The van der Waals surface area contributed by atoms with Gasteiger partial charge >= 0.3 is 5.06 Å². The number of hydrogen-bond acceptors (Lipinski definition) is 7. The summed E-state index contributed by atoms with van der Waals surface area (Å²) < 4.78 is 17.1. The van der Waals surface area contributed by atoms with Crippen molar-refractivity contribution < 1.29 is 9.50 Å². The maximum absolute atomic E-state index is 13.8. The number of anilines is 1. The second-order valence-corrected chi connectivity index (χ2v) is 8.96. The summed E-state index contributed by atoms with van der Waals surface area (Å²) in [6.45, 7) is 3.13. The molecule has 2 aliphatic rings. The molecule has 7 nitrogen and oxygen atoms in total. The standard InChI is InChI=1S/C22H29FN6OS/c1-3-18(13-28-31-22(30,26-2)6-7-24)29-20-10-15(9-17-12-27-21(17)20)14-4-5-19(23)16(8-14)11-25/h5,8-10,12,14,18,26,28-30H,3-4,6-7,13,24H2,1-2H3/p+1/t14?,18?,22-/m1/s1. The van der Waals surface area contributed by atoms with Gasteiger partial charge in [0.2, 0.25) is 0 Å². The number of benzene rings is 1. The Balaban J connectivity index is 1.72. The number of thiol groups is 1. The third kappa shape index (κ3) is 5.53. The van der Waals surface area contributed by atoms with E-state index in [0.29, 0.717) is 37.9 Å². The molecule has 0 saturated carbocycles. The summed E-state index contributed by atoms with van der Waals surface area (Å²) in [5, 5.41) is 27.0. The number of rotatable bonds is 11. The van der Waals surface area contributed by atoms with Crippen LogP contribution < -0.4 is 31.7 Å². The molecule has 0 radical (unpaired) electrons. The van der Waals surface area contributed by atoms with E-state index in [1.807, 2.05) is 18.3 Å². The second kappa shape index (κ2) is 10.4. The molecule has 0 fully saturated rings. The summed E-state index contributed by atoms with van der Waals surface area (Å²) in [4.78, 5) is 4.39. The molecule has 166 valence electrons. The Bertz CT molecular complexity index is 1030. The first-order chi connectivity index (χ1) is 14.9. The Hall–Kier alpha value is -2.22. The van der Waals surface area contributed by atoms with Gasteiger partial charge in [-0.05, 0) is 43.7 Å². The lowest BCUT2D eigenvalue weighted by Gasteiger charge is -2.23. The van der Waals surface area contributed by atoms with Crippen molar-refractivity contribution >= 4 is 23.8 Å². The van der Waals surface area contributed by atoms with Crippen molar-refractivity contribution in [1.29, 1.82) is 5.26 Å². The number of nitrogens with zero attached hydrogens (tertiary/aromatic N) is 2. The van der Waals surface area contributed by atoms with Crippen molar-refractivity contribution in [1.82, 2.24) is 10.0 Å². The van der Waals surface area contributed by atoms with E-state index in [2.05, 4.69) is 33.3 Å². The van der Waals surface area contributed by atoms with Gasteiger partial charge in [0.15, 0.2) is 0 Å². The lowest BCUT2D eigenvalue weighted by atomic mass is 9.88. The van der Waals surface area contributed by atoms with E-state index in [-0.39, 0.29) is 17.5 Å². The smallest absolute Gasteiger partial charge is 0.301 e. The Morgan fingerprint density at radius 1 is 1.48 bits per heavy atom. The fraction of sp³-hybridized carbons (Fsp3) is 0.455. The molecule has 0 amide bonds. The summed E-state index contributed by atoms with van der Waals surface area (Å²) in [6.07, 6.45) is 6.83. The molecule has 0 saturated heterocycles. The number of allylic oxidation sites excluding steroid dienone is 4. The molecule has 0 bridgehead atoms. The maximum atomic E-state index is 13.8. The highest BCUT2D eigenvalue weighted by atomic mass is 32.2. The minimum Gasteiger partial charge on any atom is -0.379 e. The van der Waals surface area contributed by atoms with Crippen molar-refractivity contribution in [2.45, 2.75) is 43.2 Å². The first kappa shape index (κ1) is 23.4. The minimum absolute atomic E-state index is 0.0485. The molecule has 1 heterocycles. The van der Waals surface area contributed by atoms with Gasteiger partial charge in [-0.1, -0.05) is 13.0 Å². The number of nitrogens with one attached hydrogen (secondary N) is 3. The van der Waals surface area contributed by atoms with E-state index in [0.717, 1.165) is 28.2 Å². The molecule has 1 aromatic carbocycles. The van der Waals surface area contributed by atoms with Gasteiger partial charge < -0.3 is 16.2 Å². The van der Waals surface area contributed by atoms with E-state index in [4.69, 9.17) is 11.0 Å². The topological polar surface area (TPSA) is 118 Å². The Labute approximate surface area is 186 Å². The van der Waals surface area contributed by atoms with Gasteiger partial charge in [0.25, 0.3) is 0 Å². The summed E-state index contributed by atoms with van der Waals surface area (Å²) in [7, 11) is 1.71. The summed E-state index contributed by atoms with van der Waals surface area (Å²) in [5.74, 6) is -0.498. The molecular weight excluding hydrogens is 415 g/mol. The highest BCUT2D eigenvalue weighted by Gasteiger charge is 2.33. The fourth-order valence-electron chi connectivity index (χ4n) is 3.57. The van der Waals surface area contributed by atoms with Gasteiger partial charge in [-0.25, -0.2) is 9.71 Å². The van der Waals surface area contributed by atoms with Crippen molar-refractivity contribution in [2.24, 2.45) is 10.7 Å². The predicted octanol–water partition coefficient (Wildman–Crippen LogP) is 0.573. The summed E-state index contributed by atoms with van der Waals surface area (Å²) in [6, 6.07) is 6.15. The Morgan fingerprint density at radius 2 is 2.29 bits per heavy atom. The molecule has 0 aromatic heterocycles. The monoisotopic (exact) mass is 445 g/mol. The lowest BCUT2D eigenvalue weighted by Crippen LogP contribution is -2.51. The van der Waals surface area contributed by atoms with Crippen molar-refractivity contribution in [3.8, 4) is 6.07 Å². The predicted molar refractivity (Wildman–Crippen MR) is 124 cm³/mol. The van der Waals surface area contributed by atoms with Crippen LogP contribution in [0.1, 0.15) is 37.7 Å². The van der Waals surface area contributed by atoms with Crippen molar-refractivity contribution in [3.05, 3.63) is 51.8 Å². The molecule has 3 rings (SSSR count). The number of nitriles is 1. The molecule has 1 aliphatic carbocycles. The van der Waals surface area contributed by atoms with Crippen molar-refractivity contribution in [2.75, 3.05) is 25.5 Å². The molecule has 9 heteroatoms. The van der Waals surface area contributed by atoms with Gasteiger partial charge in [-0.3, -0.25) is 4.99 Å². The van der Waals surface area contributed by atoms with Gasteiger partial charge in [0.1, 0.15) is 23.8 Å². The van der Waals surface area contributed by atoms with Crippen LogP contribution in [0.5, 0.6) is 0 Å². The average molecular weight is 446 g/mol. The van der Waals surface area contributed by atoms with Crippen LogP contribution in [0.25, 0.3) is 6.20 Å². The zero-order valence-corrected chi connectivity index (χ0v) is 18.7. The van der Waals surface area contributed by atoms with Crippen LogP contribution in [0.2, 0.25) is 0 Å². The molecule has 1 aromatic rings. The number of nitrogens with two attached hydrogens (primary N) is 1. The van der Waals surface area contributed by atoms with Crippen LogP contribution in [0.15, 0.2) is 40.7 Å². The first-order valence-corrected chi connectivity index (χ1v) is 11.3. The molecule has 2 unspecified atom stereocenters. The van der Waals surface area contributed by atoms with Crippen LogP contribution in [-0.2, 0) is 11.9 Å². The second-order valence-electron chi connectivity index (χ2n) is 7.68. The van der Waals surface area contributed by atoms with Gasteiger partial charge in [0.05, 0.1) is 29.6 Å². The Morgan fingerprint density at radius 3 is 2.90 bits per heavy atom. The highest BCUT2D eigenvalue weighted by molar-refractivity contribution is 7.77. The molecule has 6 N–H and O–H groups in total. The largest absolute Gasteiger partial charge is 0.379 e. The number of hydrogen-bond donors (Lipinski definition) is 5. The number of fused-ring (bicyclic) bond motifs is 1. The van der Waals surface area contributed by atoms with Gasteiger partial charge in [-0.2, -0.15) is 5.26 Å². The van der Waals surface area contributed by atoms with E-state index in [1.165, 1.54) is 6.08 Å². The van der Waals surface area contributed by atoms with Crippen LogP contribution in [0.3, 0.4) is 0 Å². The molecule has 3 atom stereocenters. The summed E-state index contributed by atoms with van der Waals surface area (Å²) >= 11 is 0.663. The maximum Gasteiger partial charge on any atom is 0.301 e. The average Bonchev–Trinajstić information content (AvgIpc) is 2.74. The van der Waals surface area contributed by atoms with Crippen molar-refractivity contribution in [3.63, 3.8) is 0 Å². The molecular formula is C22H30FN6OS+. The van der Waals surface area contributed by atoms with Crippen LogP contribution >= 0.6 is 0 Å². The normalized spacial score (nSPS) is 19.9. The zero-order valence-electron chi connectivity index (χ0n) is 17.8. The third-order valence-electron chi connectivity index (χ3n) is 5.57.